The fourth-order valence-corrected chi connectivity index (χ4v) is 9.32. The van der Waals surface area contributed by atoms with Crippen molar-refractivity contribution in [3.63, 3.8) is 0 Å². The van der Waals surface area contributed by atoms with Crippen LogP contribution in [0.5, 0.6) is 0 Å². The van der Waals surface area contributed by atoms with Crippen LogP contribution in [0, 0.1) is 40.9 Å². The van der Waals surface area contributed by atoms with Crippen LogP contribution in [0.4, 0.5) is 0 Å². The molecule has 15 heteroatoms. The van der Waals surface area contributed by atoms with Gasteiger partial charge in [0, 0.05) is 80.6 Å². The number of carbonyl (C=O) groups excluding carboxylic acids is 2. The van der Waals surface area contributed by atoms with Crippen molar-refractivity contribution in [3.05, 3.63) is 35.5 Å². The molecule has 0 spiro atoms. The number of benzene rings is 1. The zero-order valence-corrected chi connectivity index (χ0v) is 37.1. The SMILES string of the molecule is CO[C@]1(C)C[C@H](O[C@H]2[C@H](C)[C@@H](O[C@@H]3O[C@H](C)C[C@H](N(C)C)[C@H]3O)[C@](C)(O)C[C@@H](C)CN(C)C(=O)C[C@@H](CC#Cc3c[nH]c4cc(C#N)ccc34)NC(=O)[C@@H]2C)O[C@@H](C)[C@@H]1O. The minimum atomic E-state index is -1.57. The number of amides is 2. The van der Waals surface area contributed by atoms with Crippen molar-refractivity contribution in [1.29, 1.82) is 5.26 Å². The van der Waals surface area contributed by atoms with Crippen LogP contribution >= 0.6 is 0 Å². The highest BCUT2D eigenvalue weighted by Gasteiger charge is 2.51. The Morgan fingerprint density at radius 2 is 1.78 bits per heavy atom. The van der Waals surface area contributed by atoms with Crippen molar-refractivity contribution in [2.24, 2.45) is 17.8 Å². The molecule has 3 aliphatic rings. The van der Waals surface area contributed by atoms with E-state index in [1.165, 1.54) is 7.11 Å². The molecule has 4 heterocycles. The summed E-state index contributed by atoms with van der Waals surface area (Å²) in [5.74, 6) is 3.92. The zero-order chi connectivity index (χ0) is 44.3. The Hall–Kier alpha value is -3.61. The van der Waals surface area contributed by atoms with Gasteiger partial charge in [0.1, 0.15) is 12.2 Å². The van der Waals surface area contributed by atoms with Crippen LogP contribution < -0.4 is 5.32 Å². The van der Waals surface area contributed by atoms with Crippen molar-refractivity contribution in [1.82, 2.24) is 20.1 Å². The molecule has 2 aromatic rings. The fraction of sp³-hybridized carbons (Fsp3) is 0.711. The maximum atomic E-state index is 14.6. The molecule has 60 heavy (non-hydrogen) atoms. The maximum absolute atomic E-state index is 14.6. The normalized spacial score (nSPS) is 38.8. The van der Waals surface area contributed by atoms with Gasteiger partial charge < -0.3 is 59.1 Å². The molecule has 0 aliphatic carbocycles. The van der Waals surface area contributed by atoms with Crippen molar-refractivity contribution >= 4 is 22.7 Å². The minimum absolute atomic E-state index is 0.0194. The van der Waals surface area contributed by atoms with E-state index in [-0.39, 0.29) is 49.7 Å². The Morgan fingerprint density at radius 3 is 2.45 bits per heavy atom. The van der Waals surface area contributed by atoms with Gasteiger partial charge in [-0.1, -0.05) is 38.7 Å². The molecule has 3 fully saturated rings. The molecular formula is C45H67N5O10. The van der Waals surface area contributed by atoms with Crippen molar-refractivity contribution < 1.29 is 48.6 Å². The Labute approximate surface area is 355 Å². The number of hydrogen-bond acceptors (Lipinski definition) is 12. The summed E-state index contributed by atoms with van der Waals surface area (Å²) in [6.07, 6.45) is -4.18. The van der Waals surface area contributed by atoms with E-state index in [1.54, 1.807) is 58.0 Å². The summed E-state index contributed by atoms with van der Waals surface area (Å²) in [5, 5.41) is 48.4. The van der Waals surface area contributed by atoms with Crippen LogP contribution in [-0.2, 0) is 33.3 Å². The molecule has 3 aliphatic heterocycles. The van der Waals surface area contributed by atoms with E-state index in [4.69, 9.17) is 23.7 Å². The molecule has 0 unspecified atom stereocenters. The van der Waals surface area contributed by atoms with E-state index >= 15 is 0 Å². The van der Waals surface area contributed by atoms with E-state index in [1.807, 2.05) is 45.8 Å². The predicted octanol–water partition coefficient (Wildman–Crippen LogP) is 3.27. The smallest absolute Gasteiger partial charge is 0.225 e. The zero-order valence-electron chi connectivity index (χ0n) is 37.1. The van der Waals surface area contributed by atoms with Gasteiger partial charge in [0.25, 0.3) is 0 Å². The first-order valence-electron chi connectivity index (χ1n) is 21.1. The monoisotopic (exact) mass is 837 g/mol. The highest BCUT2D eigenvalue weighted by Crippen LogP contribution is 2.39. The molecule has 1 aromatic carbocycles. The second-order valence-electron chi connectivity index (χ2n) is 18.2. The van der Waals surface area contributed by atoms with Gasteiger partial charge in [-0.3, -0.25) is 9.59 Å². The second kappa shape index (κ2) is 19.6. The molecule has 5 N–H and O–H groups in total. The van der Waals surface area contributed by atoms with Gasteiger partial charge in [0.05, 0.1) is 53.2 Å². The lowest BCUT2D eigenvalue weighted by molar-refractivity contribution is -0.317. The van der Waals surface area contributed by atoms with Crippen LogP contribution in [-0.4, -0.2) is 149 Å². The highest BCUT2D eigenvalue weighted by molar-refractivity contribution is 5.87. The Kier molecular flexibility index (Phi) is 15.5. The lowest BCUT2D eigenvalue weighted by atomic mass is 9.77. The molecule has 1 aromatic heterocycles. The van der Waals surface area contributed by atoms with E-state index < -0.39 is 78.1 Å². The average Bonchev–Trinajstić information content (AvgIpc) is 3.59. The molecule has 15 atom stereocenters. The van der Waals surface area contributed by atoms with Gasteiger partial charge in [-0.25, -0.2) is 0 Å². The van der Waals surface area contributed by atoms with Crippen LogP contribution in [0.15, 0.2) is 24.4 Å². The molecular weight excluding hydrogens is 771 g/mol. The summed E-state index contributed by atoms with van der Waals surface area (Å²) in [6, 6.07) is 6.51. The average molecular weight is 838 g/mol. The van der Waals surface area contributed by atoms with Gasteiger partial charge in [-0.2, -0.15) is 5.26 Å². The molecule has 0 bridgehead atoms. The number of aliphatic hydroxyl groups excluding tert-OH is 2. The molecule has 3 saturated heterocycles. The van der Waals surface area contributed by atoms with E-state index in [9.17, 15) is 30.2 Å². The predicted molar refractivity (Wildman–Crippen MR) is 224 cm³/mol. The number of aliphatic hydroxyl groups is 3. The third-order valence-corrected chi connectivity index (χ3v) is 12.8. The summed E-state index contributed by atoms with van der Waals surface area (Å²) in [7, 11) is 6.99. The molecule has 0 saturated carbocycles. The Bertz CT molecular complexity index is 1900. The van der Waals surface area contributed by atoms with Crippen LogP contribution in [0.2, 0.25) is 0 Å². The fourth-order valence-electron chi connectivity index (χ4n) is 9.32. The number of carbonyl (C=O) groups is 2. The summed E-state index contributed by atoms with van der Waals surface area (Å²) in [6.45, 7) is 12.9. The lowest BCUT2D eigenvalue weighted by Crippen LogP contribution is -2.61. The molecule has 332 valence electrons. The standard InChI is InChI=1S/C45H67N5O10/c1-25-20-44(6,55)41(60-43-38(52)35(49(8)9)17-26(2)57-43)27(3)39(59-37-21-45(7,56-11)40(53)29(5)58-37)28(4)42(54)48-32(19-36(51)50(10)24-25)14-12-13-31-23-47-34-18-30(22-46)15-16-33(31)34/h15-16,18,23,25-29,32,35,37-41,43,47,52-53,55H,14,17,19-21,24H2,1-11H3,(H,48,54)/t25-,26-,27+,28-,29+,32-,35+,37+,38-,39+,40+,41-,43+,44-,45-/m1/s1. The molecule has 0 radical (unpaired) electrons. The van der Waals surface area contributed by atoms with Crippen LogP contribution in [0.1, 0.15) is 91.7 Å². The number of H-pyrrole nitrogens is 1. The Morgan fingerprint density at radius 1 is 1.07 bits per heavy atom. The number of nitrogens with one attached hydrogen (secondary N) is 2. The molecule has 2 amide bonds. The number of fused-ring (bicyclic) bond motifs is 1. The lowest BCUT2D eigenvalue weighted by Gasteiger charge is -2.49. The first-order chi connectivity index (χ1) is 28.2. The van der Waals surface area contributed by atoms with Crippen LogP contribution in [0.3, 0.4) is 0 Å². The summed E-state index contributed by atoms with van der Waals surface area (Å²) >= 11 is 0. The van der Waals surface area contributed by atoms with Gasteiger partial charge in [-0.05, 0) is 72.7 Å². The quantitative estimate of drug-likeness (QED) is 0.256. The molecule has 15 nitrogen and oxygen atoms in total. The van der Waals surface area contributed by atoms with Gasteiger partial charge in [0.2, 0.25) is 11.8 Å². The number of nitrogens with zero attached hydrogens (tertiary/aromatic N) is 3. The van der Waals surface area contributed by atoms with E-state index in [0.717, 1.165) is 16.5 Å². The number of ether oxygens (including phenoxy) is 5. The third-order valence-electron chi connectivity index (χ3n) is 12.8. The van der Waals surface area contributed by atoms with Crippen molar-refractivity contribution in [2.75, 3.05) is 34.8 Å². The number of aromatic nitrogens is 1. The topological polar surface area (TPSA) is 199 Å². The minimum Gasteiger partial charge on any atom is -0.387 e. The number of likely N-dealkylation sites (N-methyl/N-ethyl adjacent to an activating group) is 1. The first kappa shape index (κ1) is 47.4. The van der Waals surface area contributed by atoms with Gasteiger partial charge in [-0.15, -0.1) is 0 Å². The van der Waals surface area contributed by atoms with E-state index in [2.05, 4.69) is 28.2 Å². The Balaban J connectivity index is 1.52. The number of methoxy groups -OCH3 is 1. The maximum Gasteiger partial charge on any atom is 0.225 e. The van der Waals surface area contributed by atoms with E-state index in [0.29, 0.717) is 18.5 Å². The number of nitriles is 1. The largest absolute Gasteiger partial charge is 0.387 e. The third kappa shape index (κ3) is 10.9. The summed E-state index contributed by atoms with van der Waals surface area (Å²) in [5.41, 5.74) is -0.569. The van der Waals surface area contributed by atoms with Crippen molar-refractivity contribution in [3.8, 4) is 17.9 Å². The number of hydrogen-bond donors (Lipinski definition) is 5. The van der Waals surface area contributed by atoms with Gasteiger partial charge >= 0.3 is 0 Å². The second-order valence-corrected chi connectivity index (χ2v) is 18.2. The van der Waals surface area contributed by atoms with Crippen molar-refractivity contribution in [2.45, 2.75) is 153 Å². The number of aromatic amines is 1. The first-order valence-corrected chi connectivity index (χ1v) is 21.1. The highest BCUT2D eigenvalue weighted by atomic mass is 16.7. The van der Waals surface area contributed by atoms with Crippen LogP contribution in [0.25, 0.3) is 10.9 Å². The summed E-state index contributed by atoms with van der Waals surface area (Å²) in [4.78, 5) is 35.1. The van der Waals surface area contributed by atoms with Gasteiger partial charge in [0.15, 0.2) is 12.6 Å². The number of rotatable bonds is 7. The summed E-state index contributed by atoms with van der Waals surface area (Å²) < 4.78 is 31.8. The molecule has 5 rings (SSSR count).